The second-order valence-corrected chi connectivity index (χ2v) is 3.82. The molecule has 0 amide bonds. The molecule has 74 valence electrons. The highest BCUT2D eigenvalue weighted by Crippen LogP contribution is 2.16. The summed E-state index contributed by atoms with van der Waals surface area (Å²) >= 11 is 2.16. The molecule has 14 heavy (non-hydrogen) atoms. The molecule has 1 N–H and O–H groups in total. The second-order valence-electron chi connectivity index (χ2n) is 2.58. The van der Waals surface area contributed by atoms with E-state index in [1.54, 1.807) is 12.1 Å². The largest absolute Gasteiger partial charge is 0.503 e. The number of hydrogen-bond donors (Lipinski definition) is 1. The predicted octanol–water partition coefficient (Wildman–Crippen LogP) is 2.36. The molecule has 0 aromatic heterocycles. The average molecular weight is 304 g/mol. The predicted molar refractivity (Wildman–Crippen MR) is 61.8 cm³/mol. The van der Waals surface area contributed by atoms with Crippen LogP contribution in [0.15, 0.2) is 30.5 Å². The van der Waals surface area contributed by atoms with E-state index in [9.17, 15) is 4.79 Å². The molecule has 0 spiro atoms. The Labute approximate surface area is 95.5 Å². The van der Waals surface area contributed by atoms with E-state index >= 15 is 0 Å². The van der Waals surface area contributed by atoms with E-state index in [1.807, 2.05) is 12.1 Å². The second kappa shape index (κ2) is 4.99. The molecule has 0 aliphatic carbocycles. The molecule has 0 heterocycles. The third kappa shape index (κ3) is 2.73. The Morgan fingerprint density at radius 3 is 2.43 bits per heavy atom. The highest BCUT2D eigenvalue weighted by molar-refractivity contribution is 14.1. The lowest BCUT2D eigenvalue weighted by Gasteiger charge is -2.01. The van der Waals surface area contributed by atoms with Crippen LogP contribution in [0.5, 0.6) is 0 Å². The van der Waals surface area contributed by atoms with Crippen molar-refractivity contribution in [3.63, 3.8) is 0 Å². The van der Waals surface area contributed by atoms with Gasteiger partial charge in [-0.3, -0.25) is 0 Å². The Morgan fingerprint density at radius 1 is 1.43 bits per heavy atom. The molecular formula is C10H9IO3. The Balaban J connectivity index is 3.06. The van der Waals surface area contributed by atoms with E-state index in [-0.39, 0.29) is 5.57 Å². The fourth-order valence-electron chi connectivity index (χ4n) is 0.989. The maximum atomic E-state index is 10.8. The molecule has 0 radical (unpaired) electrons. The number of benzene rings is 1. The molecule has 4 heteroatoms. The highest BCUT2D eigenvalue weighted by Gasteiger charge is 2.09. The number of ether oxygens (including phenoxy) is 1. The number of aliphatic carboxylic acids is 1. The minimum absolute atomic E-state index is 0.156. The van der Waals surface area contributed by atoms with Crippen molar-refractivity contribution in [2.24, 2.45) is 0 Å². The zero-order valence-corrected chi connectivity index (χ0v) is 9.69. The normalized spacial score (nSPS) is 11.1. The van der Waals surface area contributed by atoms with E-state index < -0.39 is 5.97 Å². The molecule has 0 fully saturated rings. The van der Waals surface area contributed by atoms with Gasteiger partial charge in [-0.2, -0.15) is 0 Å². The molecule has 1 aromatic rings. The smallest absolute Gasteiger partial charge is 0.339 e. The number of methoxy groups -OCH3 is 1. The minimum Gasteiger partial charge on any atom is -0.503 e. The van der Waals surface area contributed by atoms with Crippen LogP contribution >= 0.6 is 22.6 Å². The van der Waals surface area contributed by atoms with Gasteiger partial charge in [0.1, 0.15) is 5.57 Å². The molecule has 1 rings (SSSR count). The Bertz CT molecular complexity index is 354. The molecule has 3 nitrogen and oxygen atoms in total. The van der Waals surface area contributed by atoms with Gasteiger partial charge >= 0.3 is 5.97 Å². The van der Waals surface area contributed by atoms with Crippen molar-refractivity contribution in [1.82, 2.24) is 0 Å². The maximum Gasteiger partial charge on any atom is 0.339 e. The number of carbonyl (C=O) groups is 1. The van der Waals surface area contributed by atoms with Gasteiger partial charge in [0.2, 0.25) is 0 Å². The van der Waals surface area contributed by atoms with Crippen molar-refractivity contribution in [2.45, 2.75) is 0 Å². The fourth-order valence-corrected chi connectivity index (χ4v) is 1.35. The number of carboxylic acid groups (broad SMARTS) is 1. The summed E-state index contributed by atoms with van der Waals surface area (Å²) in [5.74, 6) is -0.993. The van der Waals surface area contributed by atoms with Gasteiger partial charge in [-0.25, -0.2) is 4.79 Å². The van der Waals surface area contributed by atoms with E-state index in [0.29, 0.717) is 5.56 Å². The summed E-state index contributed by atoms with van der Waals surface area (Å²) in [5.41, 5.74) is 0.795. The van der Waals surface area contributed by atoms with Crippen LogP contribution in [0, 0.1) is 3.57 Å². The van der Waals surface area contributed by atoms with Gasteiger partial charge in [-0.05, 0) is 40.3 Å². The van der Waals surface area contributed by atoms with Crippen molar-refractivity contribution in [3.05, 3.63) is 39.7 Å². The first-order chi connectivity index (χ1) is 6.65. The molecule has 0 bridgehead atoms. The zero-order valence-electron chi connectivity index (χ0n) is 7.53. The highest BCUT2D eigenvalue weighted by atomic mass is 127. The summed E-state index contributed by atoms with van der Waals surface area (Å²) < 4.78 is 5.77. The molecule has 0 saturated carbocycles. The summed E-state index contributed by atoms with van der Waals surface area (Å²) in [7, 11) is 1.43. The van der Waals surface area contributed by atoms with E-state index in [2.05, 4.69) is 22.6 Å². The van der Waals surface area contributed by atoms with Crippen LogP contribution in [-0.2, 0) is 9.53 Å². The maximum absolute atomic E-state index is 10.8. The van der Waals surface area contributed by atoms with Gasteiger partial charge in [-0.15, -0.1) is 0 Å². The summed E-state index contributed by atoms with van der Waals surface area (Å²) in [6.07, 6.45) is 1.23. The summed E-state index contributed by atoms with van der Waals surface area (Å²) in [6, 6.07) is 7.20. The zero-order chi connectivity index (χ0) is 10.6. The number of hydrogen-bond acceptors (Lipinski definition) is 2. The first kappa shape index (κ1) is 11.0. The molecule has 0 aliphatic rings. The lowest BCUT2D eigenvalue weighted by molar-refractivity contribution is -0.130. The number of rotatable bonds is 3. The van der Waals surface area contributed by atoms with Crippen LogP contribution in [0.25, 0.3) is 5.57 Å². The lowest BCUT2D eigenvalue weighted by atomic mass is 10.1. The third-order valence-corrected chi connectivity index (χ3v) is 2.34. The van der Waals surface area contributed by atoms with Crippen LogP contribution in [0.1, 0.15) is 5.56 Å². The summed E-state index contributed by atoms with van der Waals surface area (Å²) in [4.78, 5) is 10.8. The Kier molecular flexibility index (Phi) is 3.94. The minimum atomic E-state index is -0.993. The summed E-state index contributed by atoms with van der Waals surface area (Å²) in [6.45, 7) is 0. The van der Waals surface area contributed by atoms with Gasteiger partial charge in [0.25, 0.3) is 0 Å². The van der Waals surface area contributed by atoms with Crippen LogP contribution < -0.4 is 0 Å². The number of halogens is 1. The van der Waals surface area contributed by atoms with Crippen molar-refractivity contribution in [3.8, 4) is 0 Å². The third-order valence-electron chi connectivity index (χ3n) is 1.62. The van der Waals surface area contributed by atoms with Gasteiger partial charge in [-0.1, -0.05) is 12.1 Å². The van der Waals surface area contributed by atoms with Gasteiger partial charge < -0.3 is 9.84 Å². The fraction of sp³-hybridized carbons (Fsp3) is 0.100. The monoisotopic (exact) mass is 304 g/mol. The first-order valence-corrected chi connectivity index (χ1v) is 4.95. The van der Waals surface area contributed by atoms with Crippen molar-refractivity contribution < 1.29 is 14.6 Å². The number of carboxylic acids is 1. The van der Waals surface area contributed by atoms with Crippen LogP contribution in [0.4, 0.5) is 0 Å². The molecule has 0 saturated heterocycles. The molecule has 1 aromatic carbocycles. The van der Waals surface area contributed by atoms with Gasteiger partial charge in [0, 0.05) is 3.57 Å². The van der Waals surface area contributed by atoms with Crippen LogP contribution in [-0.4, -0.2) is 18.2 Å². The van der Waals surface area contributed by atoms with Gasteiger partial charge in [0.05, 0.1) is 13.4 Å². The standard InChI is InChI=1S/C10H9IO3/c1-14-6-9(10(12)13)7-2-4-8(11)5-3-7/h2-6H,1H3,(H,12,13)/b9-6+. The van der Waals surface area contributed by atoms with E-state index in [0.717, 1.165) is 3.57 Å². The average Bonchev–Trinajstić information content (AvgIpc) is 2.15. The van der Waals surface area contributed by atoms with E-state index in [4.69, 9.17) is 9.84 Å². The van der Waals surface area contributed by atoms with Gasteiger partial charge in [0.15, 0.2) is 0 Å². The molecular weight excluding hydrogens is 295 g/mol. The molecule has 0 atom stereocenters. The lowest BCUT2D eigenvalue weighted by Crippen LogP contribution is -2.00. The van der Waals surface area contributed by atoms with Crippen molar-refractivity contribution >= 4 is 34.1 Å². The molecule has 0 unspecified atom stereocenters. The van der Waals surface area contributed by atoms with Crippen molar-refractivity contribution in [2.75, 3.05) is 7.11 Å². The Morgan fingerprint density at radius 2 is 2.00 bits per heavy atom. The first-order valence-electron chi connectivity index (χ1n) is 3.87. The Hall–Kier alpha value is -1.04. The quantitative estimate of drug-likeness (QED) is 0.530. The van der Waals surface area contributed by atoms with Crippen molar-refractivity contribution in [1.29, 1.82) is 0 Å². The topological polar surface area (TPSA) is 46.5 Å². The van der Waals surface area contributed by atoms with Crippen LogP contribution in [0.3, 0.4) is 0 Å². The summed E-state index contributed by atoms with van der Waals surface area (Å²) in [5, 5.41) is 8.88. The SMILES string of the molecule is CO/C=C(/C(=O)O)c1ccc(I)cc1. The molecule has 0 aliphatic heterocycles. The van der Waals surface area contributed by atoms with Crippen LogP contribution in [0.2, 0.25) is 0 Å². The van der Waals surface area contributed by atoms with E-state index in [1.165, 1.54) is 13.4 Å².